The molecule has 1 saturated heterocycles. The van der Waals surface area contributed by atoms with Crippen LogP contribution in [-0.2, 0) is 19.7 Å². The van der Waals surface area contributed by atoms with Crippen molar-refractivity contribution in [3.8, 4) is 0 Å². The maximum Gasteiger partial charge on any atom is 0.307 e. The molecule has 1 aliphatic rings. The van der Waals surface area contributed by atoms with Gasteiger partial charge >= 0.3 is 5.97 Å². The first kappa shape index (κ1) is 22.9. The summed E-state index contributed by atoms with van der Waals surface area (Å²) in [6.07, 6.45) is 2.94. The minimum absolute atomic E-state index is 0. The largest absolute Gasteiger partial charge is 0.461 e. The summed E-state index contributed by atoms with van der Waals surface area (Å²) in [5, 5.41) is 0. The molecule has 3 unspecified atom stereocenters. The number of halogens is 1. The molecule has 1 heterocycles. The van der Waals surface area contributed by atoms with Gasteiger partial charge in [-0.2, -0.15) is 0 Å². The van der Waals surface area contributed by atoms with E-state index in [0.29, 0.717) is 13.0 Å². The van der Waals surface area contributed by atoms with Crippen LogP contribution < -0.4 is 0 Å². The molecule has 5 heteroatoms. The molecule has 1 aromatic carbocycles. The second kappa shape index (κ2) is 9.72. The highest BCUT2D eigenvalue weighted by atomic mass is 35.5. The van der Waals surface area contributed by atoms with Crippen molar-refractivity contribution in [3.05, 3.63) is 35.9 Å². The maximum absolute atomic E-state index is 12.7. The van der Waals surface area contributed by atoms with Gasteiger partial charge in [-0.15, -0.1) is 12.4 Å². The molecule has 2 rings (SSSR count). The molecule has 0 bridgehead atoms. The molecule has 0 N–H and O–H groups in total. The minimum atomic E-state index is -0.209. The predicted molar refractivity (Wildman–Crippen MR) is 108 cm³/mol. The summed E-state index contributed by atoms with van der Waals surface area (Å²) in [5.74, 6) is -0.112. The number of likely N-dealkylation sites (N-methyl/N-ethyl adjacent to an activating group) is 1. The molecule has 1 aliphatic heterocycles. The maximum atomic E-state index is 12.7. The molecule has 0 radical (unpaired) electrons. The number of hydrogen-bond donors (Lipinski definition) is 0. The fraction of sp³-hybridized carbons (Fsp3) is 0.667. The van der Waals surface area contributed by atoms with Gasteiger partial charge in [-0.3, -0.25) is 4.79 Å². The summed E-state index contributed by atoms with van der Waals surface area (Å²) in [5.41, 5.74) is 0.818. The molecule has 0 saturated carbocycles. The zero-order valence-corrected chi connectivity index (χ0v) is 17.6. The molecule has 26 heavy (non-hydrogen) atoms. The van der Waals surface area contributed by atoms with Crippen LogP contribution in [0.2, 0.25) is 0 Å². The fourth-order valence-corrected chi connectivity index (χ4v) is 3.96. The Hall–Kier alpha value is -1.10. The Morgan fingerprint density at radius 2 is 1.96 bits per heavy atom. The Morgan fingerprint density at radius 3 is 2.54 bits per heavy atom. The van der Waals surface area contributed by atoms with Crippen molar-refractivity contribution in [2.45, 2.75) is 63.6 Å². The van der Waals surface area contributed by atoms with Gasteiger partial charge < -0.3 is 14.4 Å². The predicted octanol–water partition coefficient (Wildman–Crippen LogP) is 4.21. The third kappa shape index (κ3) is 5.97. The van der Waals surface area contributed by atoms with Gasteiger partial charge in [0.25, 0.3) is 0 Å². The van der Waals surface area contributed by atoms with E-state index in [1.54, 1.807) is 0 Å². The van der Waals surface area contributed by atoms with Gasteiger partial charge in [0, 0.05) is 18.6 Å². The number of hydrogen-bond acceptors (Lipinski definition) is 4. The zero-order valence-electron chi connectivity index (χ0n) is 16.8. The number of carbonyl (C=O) groups excluding carboxylic acids is 1. The summed E-state index contributed by atoms with van der Waals surface area (Å²) < 4.78 is 11.7. The van der Waals surface area contributed by atoms with Crippen LogP contribution in [0.4, 0.5) is 0 Å². The molecule has 0 amide bonds. The minimum Gasteiger partial charge on any atom is -0.461 e. The van der Waals surface area contributed by atoms with Crippen LogP contribution in [0.1, 0.15) is 52.0 Å². The van der Waals surface area contributed by atoms with Crippen LogP contribution in [0.25, 0.3) is 0 Å². The molecule has 148 valence electrons. The van der Waals surface area contributed by atoms with Crippen LogP contribution in [0.3, 0.4) is 0 Å². The van der Waals surface area contributed by atoms with Gasteiger partial charge in [0.2, 0.25) is 0 Å². The van der Waals surface area contributed by atoms with Crippen LogP contribution in [0, 0.1) is 0 Å². The van der Waals surface area contributed by atoms with Gasteiger partial charge in [-0.1, -0.05) is 37.3 Å². The lowest BCUT2D eigenvalue weighted by molar-refractivity contribution is -0.154. The topological polar surface area (TPSA) is 38.8 Å². The van der Waals surface area contributed by atoms with Crippen molar-refractivity contribution in [1.82, 2.24) is 4.90 Å². The number of esters is 1. The molecule has 0 spiro atoms. The van der Waals surface area contributed by atoms with Crippen LogP contribution in [-0.4, -0.2) is 49.8 Å². The second-order valence-corrected chi connectivity index (χ2v) is 7.96. The van der Waals surface area contributed by atoms with E-state index in [2.05, 4.69) is 38.1 Å². The van der Waals surface area contributed by atoms with E-state index in [-0.39, 0.29) is 35.5 Å². The SMILES string of the molecule is CCC1(C)CC(CC(=O)OC(C)CN(C)C)(c2ccccc2)CCO1.Cl. The molecule has 3 atom stereocenters. The molecule has 1 aromatic rings. The molecular formula is C21H34ClNO3. The third-order valence-electron chi connectivity index (χ3n) is 5.32. The number of nitrogens with zero attached hydrogens (tertiary/aromatic N) is 1. The first-order valence-corrected chi connectivity index (χ1v) is 9.32. The zero-order chi connectivity index (χ0) is 18.5. The van der Waals surface area contributed by atoms with Gasteiger partial charge in [0.05, 0.1) is 12.0 Å². The lowest BCUT2D eigenvalue weighted by Crippen LogP contribution is -2.47. The lowest BCUT2D eigenvalue weighted by Gasteiger charge is -2.46. The normalized spacial score (nSPS) is 26.8. The first-order valence-electron chi connectivity index (χ1n) is 9.32. The van der Waals surface area contributed by atoms with E-state index in [1.807, 2.05) is 32.0 Å². The Labute approximate surface area is 164 Å². The van der Waals surface area contributed by atoms with Gasteiger partial charge in [-0.05, 0) is 52.8 Å². The quantitative estimate of drug-likeness (QED) is 0.661. The Bertz CT molecular complexity index is 566. The number of ether oxygens (including phenoxy) is 2. The number of benzene rings is 1. The van der Waals surface area contributed by atoms with Crippen molar-refractivity contribution in [2.24, 2.45) is 0 Å². The molecule has 1 fully saturated rings. The summed E-state index contributed by atoms with van der Waals surface area (Å²) in [7, 11) is 3.97. The Balaban J connectivity index is 0.00000338. The average Bonchev–Trinajstić information content (AvgIpc) is 2.54. The highest BCUT2D eigenvalue weighted by Crippen LogP contribution is 2.45. The standard InChI is InChI=1S/C21H33NO3.ClH/c1-6-20(3)16-21(12-13-24-20,18-10-8-7-9-11-18)14-19(23)25-17(2)15-22(4)5;/h7-11,17H,6,12-16H2,1-5H3;1H. The highest BCUT2D eigenvalue weighted by molar-refractivity contribution is 5.85. The van der Waals surface area contributed by atoms with E-state index in [4.69, 9.17) is 9.47 Å². The third-order valence-corrected chi connectivity index (χ3v) is 5.32. The van der Waals surface area contributed by atoms with E-state index in [9.17, 15) is 4.79 Å². The molecular weight excluding hydrogens is 350 g/mol. The monoisotopic (exact) mass is 383 g/mol. The van der Waals surface area contributed by atoms with E-state index in [0.717, 1.165) is 25.8 Å². The van der Waals surface area contributed by atoms with Crippen molar-refractivity contribution >= 4 is 18.4 Å². The summed E-state index contributed by atoms with van der Waals surface area (Å²) in [6, 6.07) is 10.4. The van der Waals surface area contributed by atoms with Crippen LogP contribution in [0.5, 0.6) is 0 Å². The van der Waals surface area contributed by atoms with Crippen molar-refractivity contribution in [1.29, 1.82) is 0 Å². The number of carbonyl (C=O) groups is 1. The van der Waals surface area contributed by atoms with Crippen molar-refractivity contribution in [3.63, 3.8) is 0 Å². The van der Waals surface area contributed by atoms with Gasteiger partial charge in [0.15, 0.2) is 0 Å². The lowest BCUT2D eigenvalue weighted by atomic mass is 9.66. The van der Waals surface area contributed by atoms with E-state index >= 15 is 0 Å². The summed E-state index contributed by atoms with van der Waals surface area (Å²) in [6.45, 7) is 7.68. The summed E-state index contributed by atoms with van der Waals surface area (Å²) >= 11 is 0. The highest BCUT2D eigenvalue weighted by Gasteiger charge is 2.45. The fourth-order valence-electron chi connectivity index (χ4n) is 3.96. The molecule has 0 aromatic heterocycles. The van der Waals surface area contributed by atoms with Gasteiger partial charge in [0.1, 0.15) is 6.10 Å². The van der Waals surface area contributed by atoms with Gasteiger partial charge in [-0.25, -0.2) is 0 Å². The van der Waals surface area contributed by atoms with Crippen LogP contribution in [0.15, 0.2) is 30.3 Å². The second-order valence-electron chi connectivity index (χ2n) is 7.96. The molecule has 0 aliphatic carbocycles. The van der Waals surface area contributed by atoms with Crippen molar-refractivity contribution in [2.75, 3.05) is 27.2 Å². The van der Waals surface area contributed by atoms with E-state index < -0.39 is 0 Å². The van der Waals surface area contributed by atoms with Crippen LogP contribution >= 0.6 is 12.4 Å². The first-order chi connectivity index (χ1) is 11.8. The Kier molecular flexibility index (Phi) is 8.58. The molecule has 4 nitrogen and oxygen atoms in total. The van der Waals surface area contributed by atoms with E-state index in [1.165, 1.54) is 5.56 Å². The summed E-state index contributed by atoms with van der Waals surface area (Å²) in [4.78, 5) is 14.7. The Morgan fingerprint density at radius 1 is 1.31 bits per heavy atom. The average molecular weight is 384 g/mol. The van der Waals surface area contributed by atoms with Crippen molar-refractivity contribution < 1.29 is 14.3 Å². The smallest absolute Gasteiger partial charge is 0.307 e. The number of rotatable bonds is 7.